The summed E-state index contributed by atoms with van der Waals surface area (Å²) in [6.45, 7) is 7.50. The SMILES string of the molecule is Cc1cc(C)cc(NC(=O)Cc2ccc(OC3(C(=O)N[C@@H](C(=O)O)C(C)C)CCCC3)cc2)c1. The van der Waals surface area contributed by atoms with Crippen molar-refractivity contribution in [1.82, 2.24) is 5.32 Å². The van der Waals surface area contributed by atoms with E-state index in [4.69, 9.17) is 4.74 Å². The van der Waals surface area contributed by atoms with Crippen molar-refractivity contribution in [3.05, 3.63) is 59.2 Å². The van der Waals surface area contributed by atoms with E-state index >= 15 is 0 Å². The molecule has 1 saturated carbocycles. The molecule has 0 aromatic heterocycles. The molecule has 1 atom stereocenters. The number of nitrogens with one attached hydrogen (secondary N) is 2. The van der Waals surface area contributed by atoms with Gasteiger partial charge in [-0.3, -0.25) is 9.59 Å². The molecule has 34 heavy (non-hydrogen) atoms. The molecule has 1 aliphatic carbocycles. The van der Waals surface area contributed by atoms with E-state index in [-0.39, 0.29) is 24.2 Å². The van der Waals surface area contributed by atoms with Crippen LogP contribution in [0.3, 0.4) is 0 Å². The number of carbonyl (C=O) groups is 3. The summed E-state index contributed by atoms with van der Waals surface area (Å²) in [6, 6.07) is 12.1. The molecule has 2 aromatic carbocycles. The molecule has 0 saturated heterocycles. The first kappa shape index (κ1) is 25.3. The number of benzene rings is 2. The summed E-state index contributed by atoms with van der Waals surface area (Å²) in [5.41, 5.74) is 2.70. The van der Waals surface area contributed by atoms with Gasteiger partial charge in [0.25, 0.3) is 5.91 Å². The Balaban J connectivity index is 1.65. The van der Waals surface area contributed by atoms with Crippen LogP contribution in [0, 0.1) is 19.8 Å². The summed E-state index contributed by atoms with van der Waals surface area (Å²) in [6.07, 6.45) is 2.95. The number of carbonyl (C=O) groups excluding carboxylic acids is 2. The topological polar surface area (TPSA) is 105 Å². The van der Waals surface area contributed by atoms with Crippen LogP contribution in [0.15, 0.2) is 42.5 Å². The number of ether oxygens (including phenoxy) is 1. The Hall–Kier alpha value is -3.35. The maximum absolute atomic E-state index is 13.1. The molecule has 3 rings (SSSR count). The number of aryl methyl sites for hydroxylation is 2. The second kappa shape index (κ2) is 10.7. The van der Waals surface area contributed by atoms with Gasteiger partial charge in [-0.2, -0.15) is 0 Å². The van der Waals surface area contributed by atoms with Crippen LogP contribution < -0.4 is 15.4 Å². The van der Waals surface area contributed by atoms with Crippen molar-refractivity contribution in [2.75, 3.05) is 5.32 Å². The lowest BCUT2D eigenvalue weighted by Crippen LogP contribution is -2.55. The fourth-order valence-corrected chi connectivity index (χ4v) is 4.45. The summed E-state index contributed by atoms with van der Waals surface area (Å²) < 4.78 is 6.16. The van der Waals surface area contributed by atoms with Crippen molar-refractivity contribution in [2.24, 2.45) is 5.92 Å². The zero-order valence-electron chi connectivity index (χ0n) is 20.3. The molecule has 0 spiro atoms. The number of hydrogen-bond donors (Lipinski definition) is 3. The predicted molar refractivity (Wildman–Crippen MR) is 131 cm³/mol. The van der Waals surface area contributed by atoms with Gasteiger partial charge in [-0.15, -0.1) is 0 Å². The van der Waals surface area contributed by atoms with E-state index in [1.54, 1.807) is 26.0 Å². The van der Waals surface area contributed by atoms with Crippen molar-refractivity contribution in [3.8, 4) is 5.75 Å². The number of carboxylic acids is 1. The van der Waals surface area contributed by atoms with Crippen molar-refractivity contribution in [3.63, 3.8) is 0 Å². The quantitative estimate of drug-likeness (QED) is 0.508. The lowest BCUT2D eigenvalue weighted by molar-refractivity contribution is -0.147. The van der Waals surface area contributed by atoms with Gasteiger partial charge in [0.1, 0.15) is 11.8 Å². The molecule has 0 radical (unpaired) electrons. The molecule has 7 nitrogen and oxygen atoms in total. The molecule has 0 heterocycles. The Morgan fingerprint density at radius 2 is 1.59 bits per heavy atom. The molecular formula is C27H34N2O5. The van der Waals surface area contributed by atoms with Crippen LogP contribution in [-0.2, 0) is 20.8 Å². The van der Waals surface area contributed by atoms with Crippen molar-refractivity contribution < 1.29 is 24.2 Å². The minimum Gasteiger partial charge on any atom is -0.480 e. The summed E-state index contributed by atoms with van der Waals surface area (Å²) in [5, 5.41) is 15.0. The van der Waals surface area contributed by atoms with Gasteiger partial charge in [-0.1, -0.05) is 32.0 Å². The highest BCUT2D eigenvalue weighted by atomic mass is 16.5. The first-order chi connectivity index (χ1) is 16.1. The minimum atomic E-state index is -1.08. The molecule has 1 fully saturated rings. The van der Waals surface area contributed by atoms with Crippen molar-refractivity contribution in [1.29, 1.82) is 0 Å². The smallest absolute Gasteiger partial charge is 0.326 e. The average molecular weight is 467 g/mol. The zero-order valence-corrected chi connectivity index (χ0v) is 20.3. The van der Waals surface area contributed by atoms with Gasteiger partial charge in [-0.05, 0) is 86.4 Å². The standard InChI is InChI=1S/C27H34N2O5/c1-17(2)24(25(31)32)29-26(33)27(11-5-6-12-27)34-22-9-7-20(8-10-22)16-23(30)28-21-14-18(3)13-19(4)15-21/h7-10,13-15,17,24H,5-6,11-12,16H2,1-4H3,(H,28,30)(H,29,33)(H,31,32)/t24-/m1/s1. The highest BCUT2D eigenvalue weighted by Gasteiger charge is 2.45. The lowest BCUT2D eigenvalue weighted by Gasteiger charge is -2.31. The van der Waals surface area contributed by atoms with E-state index in [1.807, 2.05) is 38.1 Å². The molecule has 3 N–H and O–H groups in total. The second-order valence-electron chi connectivity index (χ2n) is 9.58. The van der Waals surface area contributed by atoms with Crippen LogP contribution in [-0.4, -0.2) is 34.5 Å². The summed E-state index contributed by atoms with van der Waals surface area (Å²) in [4.78, 5) is 37.1. The van der Waals surface area contributed by atoms with Crippen LogP contribution in [0.4, 0.5) is 5.69 Å². The number of anilines is 1. The molecule has 7 heteroatoms. The zero-order chi connectivity index (χ0) is 24.9. The normalized spacial score (nSPS) is 15.6. The van der Waals surface area contributed by atoms with E-state index in [0.29, 0.717) is 18.6 Å². The average Bonchev–Trinajstić information content (AvgIpc) is 3.21. The second-order valence-corrected chi connectivity index (χ2v) is 9.58. The maximum atomic E-state index is 13.1. The molecular weight excluding hydrogens is 432 g/mol. The van der Waals surface area contributed by atoms with Crippen LogP contribution in [0.5, 0.6) is 5.75 Å². The summed E-state index contributed by atoms with van der Waals surface area (Å²) >= 11 is 0. The molecule has 0 bridgehead atoms. The Morgan fingerprint density at radius 1 is 1.00 bits per heavy atom. The number of hydrogen-bond acceptors (Lipinski definition) is 4. The van der Waals surface area contributed by atoms with Crippen molar-refractivity contribution in [2.45, 2.75) is 71.4 Å². The van der Waals surface area contributed by atoms with Gasteiger partial charge in [0, 0.05) is 5.69 Å². The summed E-state index contributed by atoms with van der Waals surface area (Å²) in [7, 11) is 0. The molecule has 2 amide bonds. The predicted octanol–water partition coefficient (Wildman–Crippen LogP) is 4.40. The third-order valence-corrected chi connectivity index (χ3v) is 6.15. The van der Waals surface area contributed by atoms with E-state index in [0.717, 1.165) is 35.2 Å². The Kier molecular flexibility index (Phi) is 7.97. The van der Waals surface area contributed by atoms with Crippen LogP contribution in [0.2, 0.25) is 0 Å². The van der Waals surface area contributed by atoms with Crippen molar-refractivity contribution >= 4 is 23.5 Å². The first-order valence-corrected chi connectivity index (χ1v) is 11.8. The fraction of sp³-hybridized carbons (Fsp3) is 0.444. The molecule has 2 aromatic rings. The van der Waals surface area contributed by atoms with Crippen LogP contribution in [0.1, 0.15) is 56.2 Å². The highest BCUT2D eigenvalue weighted by Crippen LogP contribution is 2.35. The first-order valence-electron chi connectivity index (χ1n) is 11.8. The van der Waals surface area contributed by atoms with Crippen LogP contribution in [0.25, 0.3) is 0 Å². The fourth-order valence-electron chi connectivity index (χ4n) is 4.45. The Labute approximate surface area is 200 Å². The highest BCUT2D eigenvalue weighted by molar-refractivity contribution is 5.92. The van der Waals surface area contributed by atoms with Gasteiger partial charge in [0.2, 0.25) is 5.91 Å². The molecule has 0 unspecified atom stereocenters. The largest absolute Gasteiger partial charge is 0.480 e. The van der Waals surface area contributed by atoms with E-state index in [2.05, 4.69) is 16.7 Å². The van der Waals surface area contributed by atoms with Gasteiger partial charge in [0.05, 0.1) is 6.42 Å². The molecule has 1 aliphatic rings. The van der Waals surface area contributed by atoms with Gasteiger partial charge in [-0.25, -0.2) is 4.79 Å². The molecule has 182 valence electrons. The lowest BCUT2D eigenvalue weighted by atomic mass is 9.97. The number of aliphatic carboxylic acids is 1. The third kappa shape index (κ3) is 6.37. The number of amides is 2. The Bertz CT molecular complexity index is 1020. The monoisotopic (exact) mass is 466 g/mol. The maximum Gasteiger partial charge on any atom is 0.326 e. The van der Waals surface area contributed by atoms with Gasteiger partial charge in [0.15, 0.2) is 5.60 Å². The van der Waals surface area contributed by atoms with Gasteiger partial charge >= 0.3 is 5.97 Å². The Morgan fingerprint density at radius 3 is 2.12 bits per heavy atom. The number of carboxylic acid groups (broad SMARTS) is 1. The van der Waals surface area contributed by atoms with Gasteiger partial charge < -0.3 is 20.5 Å². The van der Waals surface area contributed by atoms with E-state index < -0.39 is 17.6 Å². The third-order valence-electron chi connectivity index (χ3n) is 6.15. The minimum absolute atomic E-state index is 0.112. The summed E-state index contributed by atoms with van der Waals surface area (Å²) in [5.74, 6) is -1.28. The molecule has 0 aliphatic heterocycles. The van der Waals surface area contributed by atoms with E-state index in [1.165, 1.54) is 0 Å². The number of rotatable bonds is 9. The van der Waals surface area contributed by atoms with E-state index in [9.17, 15) is 19.5 Å². The van der Waals surface area contributed by atoms with Crippen LogP contribution >= 0.6 is 0 Å².